The van der Waals surface area contributed by atoms with Crippen molar-refractivity contribution in [3.05, 3.63) is 87.0 Å². The molecule has 0 heterocycles. The molecule has 25 heavy (non-hydrogen) atoms. The van der Waals surface area contributed by atoms with Crippen molar-refractivity contribution in [3.8, 4) is 0 Å². The monoisotopic (exact) mass is 340 g/mol. The van der Waals surface area contributed by atoms with Gasteiger partial charge in [0.2, 0.25) is 0 Å². The highest BCUT2D eigenvalue weighted by atomic mass is 16.6. The van der Waals surface area contributed by atoms with E-state index in [0.717, 1.165) is 11.6 Å². The summed E-state index contributed by atoms with van der Waals surface area (Å²) in [4.78, 5) is 20.4. The molecule has 0 aromatic heterocycles. The molecule has 0 saturated carbocycles. The molecule has 8 heteroatoms. The first-order valence-corrected chi connectivity index (χ1v) is 7.40. The molecule has 0 radical (unpaired) electrons. The summed E-state index contributed by atoms with van der Waals surface area (Å²) in [6.07, 6.45) is 3.95. The molecule has 0 aliphatic carbocycles. The molecule has 8 nitrogen and oxygen atoms in total. The third kappa shape index (κ3) is 4.71. The minimum absolute atomic E-state index is 0.0681. The van der Waals surface area contributed by atoms with Crippen molar-refractivity contribution in [1.29, 1.82) is 0 Å². The topological polar surface area (TPSA) is 111 Å². The Kier molecular flexibility index (Phi) is 5.94. The lowest BCUT2D eigenvalue weighted by molar-refractivity contribution is -0.393. The summed E-state index contributed by atoms with van der Waals surface area (Å²) in [5, 5.41) is 25.7. The fourth-order valence-electron chi connectivity index (χ4n) is 2.23. The second-order valence-electron chi connectivity index (χ2n) is 5.13. The zero-order valence-electron chi connectivity index (χ0n) is 13.2. The number of anilines is 1. The molecule has 0 saturated heterocycles. The van der Waals surface area contributed by atoms with Crippen LogP contribution in [0.5, 0.6) is 0 Å². The molecule has 128 valence electrons. The van der Waals surface area contributed by atoms with Crippen LogP contribution in [0.4, 0.5) is 17.1 Å². The summed E-state index contributed by atoms with van der Waals surface area (Å²) in [6, 6.07) is 13.1. The van der Waals surface area contributed by atoms with Gasteiger partial charge in [-0.2, -0.15) is 5.10 Å². The fourth-order valence-corrected chi connectivity index (χ4v) is 2.23. The van der Waals surface area contributed by atoms with Crippen LogP contribution >= 0.6 is 0 Å². The molecule has 0 bridgehead atoms. The Balaban J connectivity index is 2.07. The van der Waals surface area contributed by atoms with Crippen molar-refractivity contribution in [2.45, 2.75) is 12.3 Å². The van der Waals surface area contributed by atoms with E-state index in [4.69, 9.17) is 0 Å². The Morgan fingerprint density at radius 3 is 2.44 bits per heavy atom. The smallest absolute Gasteiger partial charge is 0.272 e. The van der Waals surface area contributed by atoms with Gasteiger partial charge in [0, 0.05) is 18.2 Å². The maximum Gasteiger partial charge on any atom is 0.301 e. The van der Waals surface area contributed by atoms with E-state index in [2.05, 4.69) is 17.1 Å². The number of nitrogens with one attached hydrogen (secondary N) is 1. The molecule has 2 aromatic rings. The zero-order chi connectivity index (χ0) is 18.2. The molecule has 0 unspecified atom stereocenters. The van der Waals surface area contributed by atoms with Crippen molar-refractivity contribution in [1.82, 2.24) is 0 Å². The number of rotatable bonds is 8. The van der Waals surface area contributed by atoms with Gasteiger partial charge < -0.3 is 0 Å². The number of nitro groups is 2. The van der Waals surface area contributed by atoms with Crippen LogP contribution in [-0.4, -0.2) is 16.1 Å². The molecule has 1 atom stereocenters. The predicted octanol–water partition coefficient (Wildman–Crippen LogP) is 4.26. The van der Waals surface area contributed by atoms with E-state index in [9.17, 15) is 20.2 Å². The van der Waals surface area contributed by atoms with Crippen LogP contribution in [0.3, 0.4) is 0 Å². The van der Waals surface area contributed by atoms with Gasteiger partial charge >= 0.3 is 5.69 Å². The van der Waals surface area contributed by atoms with Crippen LogP contribution in [0, 0.1) is 20.2 Å². The number of non-ortho nitro benzene ring substituents is 1. The number of allylic oxidation sites excluding steroid dienone is 1. The van der Waals surface area contributed by atoms with Crippen molar-refractivity contribution >= 4 is 23.3 Å². The first-order valence-electron chi connectivity index (χ1n) is 7.40. The maximum atomic E-state index is 11.0. The summed E-state index contributed by atoms with van der Waals surface area (Å²) < 4.78 is 0. The highest BCUT2D eigenvalue weighted by Gasteiger charge is 2.19. The molecule has 0 amide bonds. The minimum atomic E-state index is -0.693. The Bertz CT molecular complexity index is 806. The first-order chi connectivity index (χ1) is 12.0. The maximum absolute atomic E-state index is 11.0. The number of nitrogens with zero attached hydrogens (tertiary/aromatic N) is 3. The number of hydrogen-bond donors (Lipinski definition) is 1. The molecule has 2 aromatic carbocycles. The Morgan fingerprint density at radius 1 is 1.12 bits per heavy atom. The second-order valence-corrected chi connectivity index (χ2v) is 5.13. The third-order valence-corrected chi connectivity index (χ3v) is 3.54. The summed E-state index contributed by atoms with van der Waals surface area (Å²) in [5.74, 6) is 0.0681. The molecule has 0 aliphatic rings. The van der Waals surface area contributed by atoms with Crippen LogP contribution in [0.25, 0.3) is 0 Å². The van der Waals surface area contributed by atoms with Crippen LogP contribution in [0.2, 0.25) is 0 Å². The molecule has 2 rings (SSSR count). The molecule has 1 N–H and O–H groups in total. The Morgan fingerprint density at radius 2 is 1.84 bits per heavy atom. The highest BCUT2D eigenvalue weighted by Crippen LogP contribution is 2.29. The molecule has 0 fully saturated rings. The van der Waals surface area contributed by atoms with Crippen LogP contribution in [-0.2, 0) is 0 Å². The van der Waals surface area contributed by atoms with Gasteiger partial charge in [-0.3, -0.25) is 25.7 Å². The van der Waals surface area contributed by atoms with E-state index in [0.29, 0.717) is 6.42 Å². The quantitative estimate of drug-likeness (QED) is 0.334. The van der Waals surface area contributed by atoms with Gasteiger partial charge in [-0.25, -0.2) is 0 Å². The van der Waals surface area contributed by atoms with Crippen LogP contribution in [0.1, 0.15) is 17.9 Å². The number of hydrazone groups is 1. The molecular formula is C17H16N4O4. The minimum Gasteiger partial charge on any atom is -0.272 e. The van der Waals surface area contributed by atoms with Crippen molar-refractivity contribution in [2.24, 2.45) is 5.10 Å². The normalized spacial score (nSPS) is 11.8. The summed E-state index contributed by atoms with van der Waals surface area (Å²) in [6.45, 7) is 3.80. The molecule has 0 aliphatic heterocycles. The summed E-state index contributed by atoms with van der Waals surface area (Å²) in [5.41, 5.74) is 2.98. The van der Waals surface area contributed by atoms with Gasteiger partial charge in [0.1, 0.15) is 5.69 Å². The van der Waals surface area contributed by atoms with E-state index >= 15 is 0 Å². The fraction of sp³-hybridized carbons (Fsp3) is 0.118. The first kappa shape index (κ1) is 17.8. The lowest BCUT2D eigenvalue weighted by atomic mass is 9.97. The van der Waals surface area contributed by atoms with Crippen molar-refractivity contribution in [2.75, 3.05) is 5.43 Å². The van der Waals surface area contributed by atoms with E-state index in [-0.39, 0.29) is 17.3 Å². The van der Waals surface area contributed by atoms with Gasteiger partial charge in [-0.05, 0) is 18.1 Å². The van der Waals surface area contributed by atoms with E-state index in [1.54, 1.807) is 12.3 Å². The van der Waals surface area contributed by atoms with Gasteiger partial charge in [0.05, 0.1) is 15.9 Å². The van der Waals surface area contributed by atoms with Gasteiger partial charge in [-0.15, -0.1) is 6.58 Å². The number of hydrogen-bond acceptors (Lipinski definition) is 6. The van der Waals surface area contributed by atoms with E-state index < -0.39 is 15.5 Å². The summed E-state index contributed by atoms with van der Waals surface area (Å²) in [7, 11) is 0. The lowest BCUT2D eigenvalue weighted by Gasteiger charge is -2.09. The van der Waals surface area contributed by atoms with Crippen LogP contribution < -0.4 is 5.43 Å². The highest BCUT2D eigenvalue weighted by molar-refractivity contribution is 5.67. The Labute approximate surface area is 143 Å². The predicted molar refractivity (Wildman–Crippen MR) is 95.9 cm³/mol. The largest absolute Gasteiger partial charge is 0.301 e. The van der Waals surface area contributed by atoms with Gasteiger partial charge in [0.15, 0.2) is 0 Å². The average Bonchev–Trinajstić information content (AvgIpc) is 2.62. The SMILES string of the molecule is C=C[C@@H](C/C=N\Nc1ccc([N+](=O)[O-])cc1[N+](=O)[O-])c1ccccc1. The zero-order valence-corrected chi connectivity index (χ0v) is 13.2. The molecular weight excluding hydrogens is 324 g/mol. The lowest BCUT2D eigenvalue weighted by Crippen LogP contribution is -2.00. The van der Waals surface area contributed by atoms with Gasteiger partial charge in [0.25, 0.3) is 5.69 Å². The summed E-state index contributed by atoms with van der Waals surface area (Å²) >= 11 is 0. The van der Waals surface area contributed by atoms with E-state index in [1.165, 1.54) is 12.1 Å². The van der Waals surface area contributed by atoms with Gasteiger partial charge in [-0.1, -0.05) is 36.4 Å². The van der Waals surface area contributed by atoms with Crippen molar-refractivity contribution in [3.63, 3.8) is 0 Å². The standard InChI is InChI=1S/C17H16N4O4/c1-2-13(14-6-4-3-5-7-14)10-11-18-19-16-9-8-15(20(22)23)12-17(16)21(24)25/h2-9,11-13,19H,1,10H2/b18-11-/t13-/m0/s1. The third-order valence-electron chi connectivity index (χ3n) is 3.54. The van der Waals surface area contributed by atoms with Crippen molar-refractivity contribution < 1.29 is 9.85 Å². The van der Waals surface area contributed by atoms with Crippen LogP contribution in [0.15, 0.2) is 66.3 Å². The second kappa shape index (κ2) is 8.34. The van der Waals surface area contributed by atoms with E-state index in [1.807, 2.05) is 30.3 Å². The molecule has 0 spiro atoms. The number of nitro benzene ring substituents is 2. The number of benzene rings is 2. The average molecular weight is 340 g/mol. The Hall–Kier alpha value is -3.55.